The Labute approximate surface area is 176 Å². The summed E-state index contributed by atoms with van der Waals surface area (Å²) < 4.78 is 1.57. The summed E-state index contributed by atoms with van der Waals surface area (Å²) in [7, 11) is 0. The Hall–Kier alpha value is -3.46. The van der Waals surface area contributed by atoms with Crippen LogP contribution >= 0.6 is 11.8 Å². The van der Waals surface area contributed by atoms with Gasteiger partial charge in [0.05, 0.1) is 12.2 Å². The van der Waals surface area contributed by atoms with Crippen LogP contribution in [0.3, 0.4) is 0 Å². The van der Waals surface area contributed by atoms with Crippen LogP contribution < -0.4 is 5.56 Å². The molecule has 0 unspecified atom stereocenters. The van der Waals surface area contributed by atoms with Gasteiger partial charge in [0.25, 0.3) is 5.56 Å². The number of ketones is 1. The third-order valence-electron chi connectivity index (χ3n) is 4.36. The van der Waals surface area contributed by atoms with Crippen molar-refractivity contribution < 1.29 is 4.79 Å². The number of hydrogen-bond donors (Lipinski definition) is 0. The van der Waals surface area contributed by atoms with Crippen LogP contribution in [0.5, 0.6) is 0 Å². The lowest BCUT2D eigenvalue weighted by Gasteiger charge is -2.12. The number of nitrogens with zero attached hydrogens (tertiary/aromatic N) is 6. The molecule has 0 radical (unpaired) electrons. The Morgan fingerprint density at radius 3 is 2.50 bits per heavy atom. The molecule has 150 valence electrons. The summed E-state index contributed by atoms with van der Waals surface area (Å²) >= 11 is 1.22. The smallest absolute Gasteiger partial charge is 0.282 e. The Kier molecular flexibility index (Phi) is 6.19. The van der Waals surface area contributed by atoms with E-state index < -0.39 is 0 Å². The number of carbonyl (C=O) groups is 1. The second-order valence-corrected chi connectivity index (χ2v) is 7.43. The maximum absolute atomic E-state index is 13.0. The molecule has 9 heteroatoms. The highest BCUT2D eigenvalue weighted by Crippen LogP contribution is 2.17. The summed E-state index contributed by atoms with van der Waals surface area (Å²) in [4.78, 5) is 46.3. The Morgan fingerprint density at radius 1 is 0.933 bits per heavy atom. The average Bonchev–Trinajstić information content (AvgIpc) is 2.78. The van der Waals surface area contributed by atoms with Crippen LogP contribution in [0.25, 0.3) is 11.2 Å². The Bertz CT molecular complexity index is 1210. The zero-order valence-corrected chi connectivity index (χ0v) is 16.8. The lowest BCUT2D eigenvalue weighted by molar-refractivity contribution is -0.116. The quantitative estimate of drug-likeness (QED) is 0.317. The molecule has 4 aromatic rings. The van der Waals surface area contributed by atoms with Gasteiger partial charge in [0.2, 0.25) is 0 Å². The van der Waals surface area contributed by atoms with Crippen molar-refractivity contribution in [1.82, 2.24) is 29.5 Å². The van der Waals surface area contributed by atoms with Gasteiger partial charge in [-0.1, -0.05) is 42.1 Å². The monoisotopic (exact) mass is 418 g/mol. The first-order chi connectivity index (χ1) is 14.7. The van der Waals surface area contributed by atoms with E-state index in [0.717, 1.165) is 5.56 Å². The van der Waals surface area contributed by atoms with Crippen LogP contribution in [0.2, 0.25) is 0 Å². The van der Waals surface area contributed by atoms with E-state index in [-0.39, 0.29) is 34.7 Å². The van der Waals surface area contributed by atoms with Crippen molar-refractivity contribution >= 4 is 28.7 Å². The molecule has 3 aromatic heterocycles. The second kappa shape index (κ2) is 9.36. The van der Waals surface area contributed by atoms with Crippen molar-refractivity contribution in [3.05, 3.63) is 82.9 Å². The number of benzene rings is 1. The number of rotatable bonds is 8. The van der Waals surface area contributed by atoms with E-state index in [9.17, 15) is 9.59 Å². The maximum atomic E-state index is 13.0. The van der Waals surface area contributed by atoms with Crippen LogP contribution in [0.1, 0.15) is 11.4 Å². The molecule has 0 aliphatic heterocycles. The van der Waals surface area contributed by atoms with Crippen molar-refractivity contribution in [3.8, 4) is 0 Å². The third-order valence-corrected chi connectivity index (χ3v) is 5.40. The van der Waals surface area contributed by atoms with Gasteiger partial charge in [0.15, 0.2) is 22.1 Å². The number of aromatic nitrogens is 6. The first kappa shape index (κ1) is 19.8. The molecule has 0 amide bonds. The molecule has 1 aromatic carbocycles. The van der Waals surface area contributed by atoms with E-state index in [0.29, 0.717) is 23.9 Å². The van der Waals surface area contributed by atoms with Crippen LogP contribution in [0.4, 0.5) is 0 Å². The zero-order valence-electron chi connectivity index (χ0n) is 16.0. The van der Waals surface area contributed by atoms with Gasteiger partial charge in [0.1, 0.15) is 5.82 Å². The molecule has 0 atom stereocenters. The molecule has 3 heterocycles. The zero-order chi connectivity index (χ0) is 20.8. The van der Waals surface area contributed by atoms with Gasteiger partial charge in [-0.05, 0) is 18.1 Å². The molecular formula is C21H18N6O2S. The summed E-state index contributed by atoms with van der Waals surface area (Å²) in [6.07, 6.45) is 6.97. The third kappa shape index (κ3) is 4.74. The van der Waals surface area contributed by atoms with Crippen molar-refractivity contribution in [2.45, 2.75) is 24.5 Å². The summed E-state index contributed by atoms with van der Waals surface area (Å²) in [5, 5.41) is 0.450. The summed E-state index contributed by atoms with van der Waals surface area (Å²) in [5.74, 6) is 0.582. The first-order valence-corrected chi connectivity index (χ1v) is 10.3. The molecule has 8 nitrogen and oxygen atoms in total. The lowest BCUT2D eigenvalue weighted by atomic mass is 10.1. The molecule has 30 heavy (non-hydrogen) atoms. The van der Waals surface area contributed by atoms with Crippen LogP contribution in [-0.4, -0.2) is 41.0 Å². The maximum Gasteiger partial charge on any atom is 0.282 e. The number of Topliss-reactive ketones (excluding diaryl/α,β-unsaturated/α-hetero) is 1. The standard InChI is InChI=1S/C21H18N6O2S/c28-16(13-17-22-8-4-9-23-17)14-30-21-26-19-18(24-10-11-25-19)20(29)27(21)12-7-15-5-2-1-3-6-15/h1-6,8-11H,7,12-14H2. The topological polar surface area (TPSA) is 104 Å². The number of aryl methyl sites for hydroxylation is 1. The SMILES string of the molecule is O=C(CSc1nc2nccnc2c(=O)n1CCc1ccccc1)Cc1ncccn1. The predicted molar refractivity (Wildman–Crippen MR) is 113 cm³/mol. The van der Waals surface area contributed by atoms with E-state index in [1.165, 1.54) is 24.2 Å². The van der Waals surface area contributed by atoms with Crippen molar-refractivity contribution in [3.63, 3.8) is 0 Å². The molecule has 0 bridgehead atoms. The van der Waals surface area contributed by atoms with E-state index in [1.54, 1.807) is 23.0 Å². The highest BCUT2D eigenvalue weighted by Gasteiger charge is 2.15. The summed E-state index contributed by atoms with van der Waals surface area (Å²) in [6.45, 7) is 0.431. The molecule has 0 saturated heterocycles. The summed E-state index contributed by atoms with van der Waals surface area (Å²) in [5.41, 5.74) is 1.35. The minimum absolute atomic E-state index is 0.0469. The van der Waals surface area contributed by atoms with Gasteiger partial charge in [-0.25, -0.2) is 24.9 Å². The number of thioether (sulfide) groups is 1. The van der Waals surface area contributed by atoms with Gasteiger partial charge in [0, 0.05) is 31.3 Å². The summed E-state index contributed by atoms with van der Waals surface area (Å²) in [6, 6.07) is 11.6. The fourth-order valence-electron chi connectivity index (χ4n) is 2.92. The number of carbonyl (C=O) groups excluding carboxylic acids is 1. The fraction of sp³-hybridized carbons (Fsp3) is 0.190. The van der Waals surface area contributed by atoms with Gasteiger partial charge in [-0.3, -0.25) is 14.2 Å². The van der Waals surface area contributed by atoms with E-state index >= 15 is 0 Å². The van der Waals surface area contributed by atoms with E-state index in [1.807, 2.05) is 30.3 Å². The molecule has 0 aliphatic rings. The van der Waals surface area contributed by atoms with Crippen molar-refractivity contribution in [2.24, 2.45) is 0 Å². The Morgan fingerprint density at radius 2 is 1.70 bits per heavy atom. The van der Waals surface area contributed by atoms with E-state index in [2.05, 4.69) is 24.9 Å². The molecule has 0 spiro atoms. The molecule has 0 aliphatic carbocycles. The minimum atomic E-state index is -0.259. The van der Waals surface area contributed by atoms with Crippen LogP contribution in [0.15, 0.2) is 71.1 Å². The average molecular weight is 418 g/mol. The number of hydrogen-bond acceptors (Lipinski definition) is 8. The Balaban J connectivity index is 1.57. The van der Waals surface area contributed by atoms with Gasteiger partial charge < -0.3 is 0 Å². The predicted octanol–water partition coefficient (Wildman–Crippen LogP) is 2.12. The van der Waals surface area contributed by atoms with Crippen molar-refractivity contribution in [2.75, 3.05) is 5.75 Å². The molecular weight excluding hydrogens is 400 g/mol. The normalized spacial score (nSPS) is 10.9. The molecule has 0 fully saturated rings. The fourth-order valence-corrected chi connectivity index (χ4v) is 3.79. The van der Waals surface area contributed by atoms with Gasteiger partial charge in [-0.2, -0.15) is 0 Å². The molecule has 0 saturated carbocycles. The highest BCUT2D eigenvalue weighted by molar-refractivity contribution is 7.99. The van der Waals surface area contributed by atoms with Crippen LogP contribution in [0, 0.1) is 0 Å². The van der Waals surface area contributed by atoms with Crippen LogP contribution in [-0.2, 0) is 24.2 Å². The number of fused-ring (bicyclic) bond motifs is 1. The first-order valence-electron chi connectivity index (χ1n) is 9.36. The lowest BCUT2D eigenvalue weighted by Crippen LogP contribution is -2.26. The molecule has 4 rings (SSSR count). The van der Waals surface area contributed by atoms with Crippen molar-refractivity contribution in [1.29, 1.82) is 0 Å². The second-order valence-electron chi connectivity index (χ2n) is 6.48. The van der Waals surface area contributed by atoms with E-state index in [4.69, 9.17) is 0 Å². The largest absolute Gasteiger partial charge is 0.298 e. The molecule has 0 N–H and O–H groups in total. The minimum Gasteiger partial charge on any atom is -0.298 e. The van der Waals surface area contributed by atoms with Gasteiger partial charge in [-0.15, -0.1) is 0 Å². The van der Waals surface area contributed by atoms with Gasteiger partial charge >= 0.3 is 0 Å². The highest BCUT2D eigenvalue weighted by atomic mass is 32.2.